The second-order valence-corrected chi connectivity index (χ2v) is 7.99. The third-order valence-electron chi connectivity index (χ3n) is 4.88. The molecule has 0 aliphatic carbocycles. The van der Waals surface area contributed by atoms with Crippen LogP contribution in [0.1, 0.15) is 35.8 Å². The first-order valence-electron chi connectivity index (χ1n) is 8.44. The Bertz CT molecular complexity index is 1060. The molecule has 24 heavy (non-hydrogen) atoms. The smallest absolute Gasteiger partial charge is 0.0880 e. The maximum absolute atomic E-state index is 4.75. The molecule has 0 saturated carbocycles. The molecule has 2 aromatic heterocycles. The number of nitrogens with zero attached hydrogens (tertiary/aromatic N) is 1. The first-order chi connectivity index (χ1) is 11.6. The molecule has 4 aromatic rings. The van der Waals surface area contributed by atoms with Crippen molar-refractivity contribution in [3.05, 3.63) is 64.7 Å². The second-order valence-electron chi connectivity index (χ2n) is 6.76. The highest BCUT2D eigenvalue weighted by Crippen LogP contribution is 2.38. The third kappa shape index (κ3) is 2.33. The standard InChI is InChI=1S/C22H21NS/c1-13(2)20-12-17(11-16-7-5-6-8-19(16)20)21-22-18(9-10-23-21)14(3)15(4)24-22/h5-13H,1-4H3. The molecule has 0 spiro atoms. The molecule has 120 valence electrons. The number of pyridine rings is 1. The predicted molar refractivity (Wildman–Crippen MR) is 106 cm³/mol. The first kappa shape index (κ1) is 15.3. The zero-order chi connectivity index (χ0) is 16.8. The van der Waals surface area contributed by atoms with Crippen molar-refractivity contribution in [3.63, 3.8) is 0 Å². The number of rotatable bonds is 2. The quantitative estimate of drug-likeness (QED) is 0.391. The van der Waals surface area contributed by atoms with Crippen LogP contribution in [0.3, 0.4) is 0 Å². The van der Waals surface area contributed by atoms with E-state index in [1.807, 2.05) is 17.5 Å². The molecule has 0 fully saturated rings. The topological polar surface area (TPSA) is 12.9 Å². The molecule has 0 saturated heterocycles. The van der Waals surface area contributed by atoms with Crippen molar-refractivity contribution in [1.82, 2.24) is 4.98 Å². The number of benzene rings is 2. The fourth-order valence-electron chi connectivity index (χ4n) is 3.43. The summed E-state index contributed by atoms with van der Waals surface area (Å²) in [6.07, 6.45) is 1.95. The summed E-state index contributed by atoms with van der Waals surface area (Å²) in [5, 5.41) is 3.98. The minimum atomic E-state index is 0.487. The number of fused-ring (bicyclic) bond motifs is 2. The lowest BCUT2D eigenvalue weighted by molar-refractivity contribution is 0.876. The van der Waals surface area contributed by atoms with Crippen molar-refractivity contribution >= 4 is 32.2 Å². The van der Waals surface area contributed by atoms with Crippen LogP contribution in [0.25, 0.3) is 32.1 Å². The van der Waals surface area contributed by atoms with Crippen molar-refractivity contribution in [2.75, 3.05) is 0 Å². The van der Waals surface area contributed by atoms with Crippen molar-refractivity contribution < 1.29 is 0 Å². The molecular weight excluding hydrogens is 310 g/mol. The van der Waals surface area contributed by atoms with Crippen molar-refractivity contribution in [2.24, 2.45) is 0 Å². The fourth-order valence-corrected chi connectivity index (χ4v) is 4.59. The predicted octanol–water partition coefficient (Wildman–Crippen LogP) is 6.86. The Hall–Kier alpha value is -2.19. The lowest BCUT2D eigenvalue weighted by Crippen LogP contribution is -1.92. The van der Waals surface area contributed by atoms with Crippen LogP contribution in [-0.2, 0) is 0 Å². The van der Waals surface area contributed by atoms with E-state index in [1.54, 1.807) is 0 Å². The molecule has 0 N–H and O–H groups in total. The van der Waals surface area contributed by atoms with Crippen molar-refractivity contribution in [3.8, 4) is 11.3 Å². The molecule has 4 rings (SSSR count). The highest BCUT2D eigenvalue weighted by Gasteiger charge is 2.14. The highest BCUT2D eigenvalue weighted by molar-refractivity contribution is 7.19. The maximum atomic E-state index is 4.75. The SMILES string of the molecule is Cc1sc2c(-c3cc(C(C)C)c4ccccc4c3)nccc2c1C. The maximum Gasteiger partial charge on any atom is 0.0880 e. The zero-order valence-corrected chi connectivity index (χ0v) is 15.4. The summed E-state index contributed by atoms with van der Waals surface area (Å²) in [7, 11) is 0. The van der Waals surface area contributed by atoms with Crippen molar-refractivity contribution in [2.45, 2.75) is 33.6 Å². The van der Waals surface area contributed by atoms with Gasteiger partial charge in [0.25, 0.3) is 0 Å². The fraction of sp³-hybridized carbons (Fsp3) is 0.227. The van der Waals surface area contributed by atoms with E-state index in [1.165, 1.54) is 42.4 Å². The Morgan fingerprint density at radius 3 is 2.54 bits per heavy atom. The molecule has 0 bridgehead atoms. The summed E-state index contributed by atoms with van der Waals surface area (Å²) >= 11 is 1.86. The monoisotopic (exact) mass is 331 g/mol. The van der Waals surface area contributed by atoms with Gasteiger partial charge in [-0.2, -0.15) is 0 Å². The van der Waals surface area contributed by atoms with Crippen LogP contribution in [0.5, 0.6) is 0 Å². The minimum Gasteiger partial charge on any atom is -0.255 e. The lowest BCUT2D eigenvalue weighted by Gasteiger charge is -2.13. The van der Waals surface area contributed by atoms with Gasteiger partial charge < -0.3 is 0 Å². The normalized spacial score (nSPS) is 11.7. The van der Waals surface area contributed by atoms with Gasteiger partial charge in [0.2, 0.25) is 0 Å². The molecular formula is C22H21NS. The molecule has 0 aliphatic heterocycles. The summed E-state index contributed by atoms with van der Waals surface area (Å²) in [5.74, 6) is 0.487. The molecule has 0 unspecified atom stereocenters. The first-order valence-corrected chi connectivity index (χ1v) is 9.25. The van der Waals surface area contributed by atoms with E-state index in [2.05, 4.69) is 70.2 Å². The molecule has 0 atom stereocenters. The van der Waals surface area contributed by atoms with E-state index >= 15 is 0 Å². The van der Waals surface area contributed by atoms with E-state index in [0.29, 0.717) is 5.92 Å². The number of hydrogen-bond acceptors (Lipinski definition) is 2. The van der Waals surface area contributed by atoms with E-state index in [9.17, 15) is 0 Å². The van der Waals surface area contributed by atoms with Gasteiger partial charge in [-0.3, -0.25) is 4.98 Å². The lowest BCUT2D eigenvalue weighted by atomic mass is 9.92. The van der Waals surface area contributed by atoms with Crippen molar-refractivity contribution in [1.29, 1.82) is 0 Å². The Balaban J connectivity index is 2.05. The Labute approximate surface area is 147 Å². The number of aryl methyl sites for hydroxylation is 2. The summed E-state index contributed by atoms with van der Waals surface area (Å²) in [5.41, 5.74) is 5.11. The van der Waals surface area contributed by atoms with Gasteiger partial charge in [-0.25, -0.2) is 0 Å². The minimum absolute atomic E-state index is 0.487. The van der Waals surface area contributed by atoms with E-state index in [-0.39, 0.29) is 0 Å². The van der Waals surface area contributed by atoms with Crippen LogP contribution < -0.4 is 0 Å². The molecule has 0 aliphatic rings. The van der Waals surface area contributed by atoms with Gasteiger partial charge >= 0.3 is 0 Å². The van der Waals surface area contributed by atoms with Gasteiger partial charge in [-0.15, -0.1) is 11.3 Å². The molecule has 0 amide bonds. The zero-order valence-electron chi connectivity index (χ0n) is 14.6. The van der Waals surface area contributed by atoms with Gasteiger partial charge in [0.1, 0.15) is 0 Å². The van der Waals surface area contributed by atoms with Crippen LogP contribution in [-0.4, -0.2) is 4.98 Å². The van der Waals surface area contributed by atoms with E-state index in [4.69, 9.17) is 4.98 Å². The van der Waals surface area contributed by atoms with Crippen LogP contribution in [0, 0.1) is 13.8 Å². The molecule has 2 aromatic carbocycles. The molecule has 2 heterocycles. The Kier molecular flexibility index (Phi) is 3.65. The Morgan fingerprint density at radius 2 is 1.75 bits per heavy atom. The van der Waals surface area contributed by atoms with Gasteiger partial charge in [0, 0.05) is 16.6 Å². The van der Waals surface area contributed by atoms with Crippen LogP contribution in [0.2, 0.25) is 0 Å². The number of hydrogen-bond donors (Lipinski definition) is 0. The molecule has 2 heteroatoms. The van der Waals surface area contributed by atoms with Gasteiger partial charge in [-0.05, 0) is 65.3 Å². The third-order valence-corrected chi connectivity index (χ3v) is 6.11. The van der Waals surface area contributed by atoms with Gasteiger partial charge in [0.15, 0.2) is 0 Å². The van der Waals surface area contributed by atoms with E-state index < -0.39 is 0 Å². The van der Waals surface area contributed by atoms with E-state index in [0.717, 1.165) is 5.69 Å². The van der Waals surface area contributed by atoms with Crippen LogP contribution >= 0.6 is 11.3 Å². The van der Waals surface area contributed by atoms with Crippen LogP contribution in [0.15, 0.2) is 48.7 Å². The van der Waals surface area contributed by atoms with Gasteiger partial charge in [-0.1, -0.05) is 38.1 Å². The average Bonchev–Trinajstić information content (AvgIpc) is 2.88. The summed E-state index contributed by atoms with van der Waals surface area (Å²) < 4.78 is 1.30. The number of aromatic nitrogens is 1. The van der Waals surface area contributed by atoms with Crippen LogP contribution in [0.4, 0.5) is 0 Å². The summed E-state index contributed by atoms with van der Waals surface area (Å²) in [6.45, 7) is 8.93. The molecule has 1 nitrogen and oxygen atoms in total. The number of thiophene rings is 1. The highest BCUT2D eigenvalue weighted by atomic mass is 32.1. The van der Waals surface area contributed by atoms with Gasteiger partial charge in [0.05, 0.1) is 10.4 Å². The largest absolute Gasteiger partial charge is 0.255 e. The summed E-state index contributed by atoms with van der Waals surface area (Å²) in [4.78, 5) is 6.13. The second kappa shape index (κ2) is 5.71. The Morgan fingerprint density at radius 1 is 0.958 bits per heavy atom. The average molecular weight is 331 g/mol. The molecule has 0 radical (unpaired) electrons. The summed E-state index contributed by atoms with van der Waals surface area (Å²) in [6, 6.07) is 15.4.